The zero-order valence-electron chi connectivity index (χ0n) is 12.9. The van der Waals surface area contributed by atoms with E-state index in [9.17, 15) is 4.79 Å². The number of aromatic nitrogens is 3. The molecule has 0 bridgehead atoms. The van der Waals surface area contributed by atoms with Crippen LogP contribution in [-0.2, 0) is 0 Å². The minimum Gasteiger partial charge on any atom is -0.343 e. The number of carbonyl (C=O) groups is 1. The quantitative estimate of drug-likeness (QED) is 0.798. The molecule has 1 unspecified atom stereocenters. The normalized spacial score (nSPS) is 11.9. The Labute approximate surface area is 138 Å². The summed E-state index contributed by atoms with van der Waals surface area (Å²) in [5, 5.41) is 3.72. The van der Waals surface area contributed by atoms with Crippen molar-refractivity contribution in [1.82, 2.24) is 20.3 Å². The number of hydrogen-bond acceptors (Lipinski definition) is 5. The molecular weight excluding hydrogens is 308 g/mol. The second kappa shape index (κ2) is 6.66. The molecule has 116 valence electrons. The van der Waals surface area contributed by atoms with Crippen molar-refractivity contribution in [3.63, 3.8) is 0 Å². The Morgan fingerprint density at radius 2 is 1.87 bits per heavy atom. The Morgan fingerprint density at radius 3 is 2.52 bits per heavy atom. The minimum atomic E-state index is -0.163. The smallest absolute Gasteiger partial charge is 0.263 e. The molecule has 1 amide bonds. The van der Waals surface area contributed by atoms with Gasteiger partial charge in [-0.25, -0.2) is 4.98 Å². The number of nitrogens with one attached hydrogen (secondary N) is 1. The first-order valence-corrected chi connectivity index (χ1v) is 8.07. The SMILES string of the molecule is Cc1nc(-c2ccccn2)sc1C(=O)NC(C)c1ccccn1. The van der Waals surface area contributed by atoms with E-state index in [0.29, 0.717) is 10.6 Å². The third-order valence-electron chi connectivity index (χ3n) is 3.37. The number of hydrogen-bond donors (Lipinski definition) is 1. The highest BCUT2D eigenvalue weighted by molar-refractivity contribution is 7.17. The predicted molar refractivity (Wildman–Crippen MR) is 90.2 cm³/mol. The second-order valence-electron chi connectivity index (χ2n) is 5.10. The van der Waals surface area contributed by atoms with Crippen LogP contribution in [0.4, 0.5) is 0 Å². The van der Waals surface area contributed by atoms with Crippen LogP contribution in [-0.4, -0.2) is 20.9 Å². The maximum absolute atomic E-state index is 12.5. The molecule has 6 heteroatoms. The van der Waals surface area contributed by atoms with Crippen molar-refractivity contribution in [2.45, 2.75) is 19.9 Å². The van der Waals surface area contributed by atoms with Crippen LogP contribution >= 0.6 is 11.3 Å². The summed E-state index contributed by atoms with van der Waals surface area (Å²) in [6, 6.07) is 11.1. The van der Waals surface area contributed by atoms with Crippen LogP contribution in [0, 0.1) is 6.92 Å². The number of nitrogens with zero attached hydrogens (tertiary/aromatic N) is 3. The molecule has 0 saturated carbocycles. The maximum Gasteiger partial charge on any atom is 0.263 e. The average Bonchev–Trinajstić information content (AvgIpc) is 2.98. The molecule has 1 atom stereocenters. The summed E-state index contributed by atoms with van der Waals surface area (Å²) in [5.74, 6) is -0.139. The zero-order valence-corrected chi connectivity index (χ0v) is 13.7. The van der Waals surface area contributed by atoms with Gasteiger partial charge in [0, 0.05) is 12.4 Å². The molecule has 5 nitrogen and oxygen atoms in total. The fourth-order valence-corrected chi connectivity index (χ4v) is 3.12. The van der Waals surface area contributed by atoms with Gasteiger partial charge in [-0.2, -0.15) is 0 Å². The van der Waals surface area contributed by atoms with Crippen LogP contribution in [0.2, 0.25) is 0 Å². The number of aryl methyl sites for hydroxylation is 1. The van der Waals surface area contributed by atoms with Crippen LogP contribution in [0.15, 0.2) is 48.8 Å². The summed E-state index contributed by atoms with van der Waals surface area (Å²) in [6.07, 6.45) is 3.43. The standard InChI is InChI=1S/C17H16N4OS/c1-11(13-7-3-5-9-18-13)20-16(22)15-12(2)21-17(23-15)14-8-4-6-10-19-14/h3-11H,1-2H3,(H,20,22). The number of rotatable bonds is 4. The average molecular weight is 324 g/mol. The van der Waals surface area contributed by atoms with Gasteiger partial charge in [-0.05, 0) is 38.1 Å². The minimum absolute atomic E-state index is 0.139. The van der Waals surface area contributed by atoms with E-state index in [1.807, 2.05) is 50.2 Å². The van der Waals surface area contributed by atoms with Crippen molar-refractivity contribution in [2.24, 2.45) is 0 Å². The summed E-state index contributed by atoms with van der Waals surface area (Å²) in [7, 11) is 0. The van der Waals surface area contributed by atoms with Crippen molar-refractivity contribution >= 4 is 17.2 Å². The molecule has 3 heterocycles. The summed E-state index contributed by atoms with van der Waals surface area (Å²) < 4.78 is 0. The molecule has 0 fully saturated rings. The Bertz CT molecular complexity index is 802. The van der Waals surface area contributed by atoms with Crippen molar-refractivity contribution < 1.29 is 4.79 Å². The van der Waals surface area contributed by atoms with Crippen molar-refractivity contribution in [2.75, 3.05) is 0 Å². The lowest BCUT2D eigenvalue weighted by molar-refractivity contribution is 0.0942. The largest absolute Gasteiger partial charge is 0.343 e. The lowest BCUT2D eigenvalue weighted by Gasteiger charge is -2.12. The fourth-order valence-electron chi connectivity index (χ4n) is 2.17. The first-order chi connectivity index (χ1) is 11.1. The number of pyridine rings is 2. The van der Waals surface area contributed by atoms with Gasteiger partial charge in [-0.15, -0.1) is 11.3 Å². The van der Waals surface area contributed by atoms with Gasteiger partial charge in [-0.3, -0.25) is 14.8 Å². The highest BCUT2D eigenvalue weighted by atomic mass is 32.1. The van der Waals surface area contributed by atoms with Crippen molar-refractivity contribution in [3.05, 3.63) is 65.1 Å². The maximum atomic E-state index is 12.5. The molecule has 0 aliphatic rings. The van der Waals surface area contributed by atoms with Crippen molar-refractivity contribution in [1.29, 1.82) is 0 Å². The molecule has 3 aromatic heterocycles. The van der Waals surface area contributed by atoms with E-state index >= 15 is 0 Å². The highest BCUT2D eigenvalue weighted by Crippen LogP contribution is 2.26. The monoisotopic (exact) mass is 324 g/mol. The van der Waals surface area contributed by atoms with Gasteiger partial charge in [0.15, 0.2) is 0 Å². The lowest BCUT2D eigenvalue weighted by atomic mass is 10.2. The number of thiazole rings is 1. The van der Waals surface area contributed by atoms with Crippen LogP contribution < -0.4 is 5.32 Å². The van der Waals surface area contributed by atoms with E-state index in [-0.39, 0.29) is 11.9 Å². The summed E-state index contributed by atoms with van der Waals surface area (Å²) in [5.41, 5.74) is 2.31. The molecule has 0 saturated heterocycles. The second-order valence-corrected chi connectivity index (χ2v) is 6.10. The summed E-state index contributed by atoms with van der Waals surface area (Å²) >= 11 is 1.35. The van der Waals surface area contributed by atoms with Gasteiger partial charge in [0.05, 0.1) is 23.1 Å². The lowest BCUT2D eigenvalue weighted by Crippen LogP contribution is -2.27. The molecule has 0 aromatic carbocycles. The molecule has 1 N–H and O–H groups in total. The Morgan fingerprint density at radius 1 is 1.13 bits per heavy atom. The molecule has 0 aliphatic heterocycles. The van der Waals surface area contributed by atoms with Crippen LogP contribution in [0.3, 0.4) is 0 Å². The van der Waals surface area contributed by atoms with Gasteiger partial charge in [-0.1, -0.05) is 12.1 Å². The van der Waals surface area contributed by atoms with Crippen LogP contribution in [0.1, 0.15) is 34.0 Å². The molecule has 3 aromatic rings. The van der Waals surface area contributed by atoms with Gasteiger partial charge < -0.3 is 5.32 Å². The molecule has 0 radical (unpaired) electrons. The first-order valence-electron chi connectivity index (χ1n) is 7.26. The van der Waals surface area contributed by atoms with Gasteiger partial charge in [0.25, 0.3) is 5.91 Å². The van der Waals surface area contributed by atoms with Gasteiger partial charge in [0.2, 0.25) is 0 Å². The molecule has 0 aliphatic carbocycles. The molecule has 23 heavy (non-hydrogen) atoms. The molecule has 0 spiro atoms. The zero-order chi connectivity index (χ0) is 16.2. The topological polar surface area (TPSA) is 67.8 Å². The molecule has 3 rings (SSSR count). The number of amides is 1. The Balaban J connectivity index is 1.79. The van der Waals surface area contributed by atoms with E-state index in [2.05, 4.69) is 20.3 Å². The van der Waals surface area contributed by atoms with E-state index in [1.54, 1.807) is 12.4 Å². The Kier molecular flexibility index (Phi) is 4.43. The Hall–Kier alpha value is -2.60. The van der Waals surface area contributed by atoms with Gasteiger partial charge >= 0.3 is 0 Å². The van der Waals surface area contributed by atoms with E-state index in [1.165, 1.54) is 11.3 Å². The van der Waals surface area contributed by atoms with Crippen LogP contribution in [0.25, 0.3) is 10.7 Å². The summed E-state index contributed by atoms with van der Waals surface area (Å²) in [4.78, 5) is 26.1. The third-order valence-corrected chi connectivity index (χ3v) is 4.54. The number of carbonyl (C=O) groups excluding carboxylic acids is 1. The fraction of sp³-hybridized carbons (Fsp3) is 0.176. The first kappa shape index (κ1) is 15.3. The molecular formula is C17H16N4OS. The summed E-state index contributed by atoms with van der Waals surface area (Å²) in [6.45, 7) is 3.75. The van der Waals surface area contributed by atoms with E-state index < -0.39 is 0 Å². The predicted octanol–water partition coefficient (Wildman–Crippen LogP) is 3.40. The van der Waals surface area contributed by atoms with E-state index in [4.69, 9.17) is 0 Å². The van der Waals surface area contributed by atoms with Crippen molar-refractivity contribution in [3.8, 4) is 10.7 Å². The van der Waals surface area contributed by atoms with E-state index in [0.717, 1.165) is 16.4 Å². The highest BCUT2D eigenvalue weighted by Gasteiger charge is 2.19. The van der Waals surface area contributed by atoms with Gasteiger partial charge in [0.1, 0.15) is 9.88 Å². The third kappa shape index (κ3) is 3.43. The van der Waals surface area contributed by atoms with Crippen LogP contribution in [0.5, 0.6) is 0 Å².